The fraction of sp³-hybridized carbons (Fsp3) is 0.286. The number of aromatic amines is 1. The molecule has 100 valence electrons. The van der Waals surface area contributed by atoms with Crippen molar-refractivity contribution in [1.82, 2.24) is 14.9 Å². The van der Waals surface area contributed by atoms with Crippen molar-refractivity contribution in [1.29, 1.82) is 0 Å². The van der Waals surface area contributed by atoms with Crippen LogP contribution in [0.15, 0.2) is 37.2 Å². The van der Waals surface area contributed by atoms with Crippen molar-refractivity contribution >= 4 is 16.9 Å². The monoisotopic (exact) mass is 259 g/mol. The van der Waals surface area contributed by atoms with Crippen molar-refractivity contribution in [2.24, 2.45) is 0 Å². The molecule has 2 rings (SSSR count). The molecule has 0 aliphatic carbocycles. The summed E-state index contributed by atoms with van der Waals surface area (Å²) in [7, 11) is 0. The molecule has 0 fully saturated rings. The number of hydrogen-bond donors (Lipinski definition) is 2. The Morgan fingerprint density at radius 3 is 3.16 bits per heavy atom. The molecule has 0 bridgehead atoms. The molecular formula is C14H17N3O2. The smallest absolute Gasteiger partial charge is 0.227 e. The minimum atomic E-state index is -0.0466. The number of nitrogens with one attached hydrogen (secondary N) is 1. The van der Waals surface area contributed by atoms with E-state index in [0.29, 0.717) is 19.5 Å². The highest BCUT2D eigenvalue weighted by Gasteiger charge is 2.14. The molecule has 0 saturated carbocycles. The Kier molecular flexibility index (Phi) is 4.30. The highest BCUT2D eigenvalue weighted by Crippen LogP contribution is 2.16. The van der Waals surface area contributed by atoms with Gasteiger partial charge in [-0.1, -0.05) is 6.08 Å². The second kappa shape index (κ2) is 6.15. The first kappa shape index (κ1) is 13.3. The zero-order chi connectivity index (χ0) is 13.7. The number of hydrogen-bond acceptors (Lipinski definition) is 3. The number of amides is 1. The van der Waals surface area contributed by atoms with Gasteiger partial charge in [-0.25, -0.2) is 4.98 Å². The summed E-state index contributed by atoms with van der Waals surface area (Å²) in [6.45, 7) is 4.34. The maximum Gasteiger partial charge on any atom is 0.227 e. The molecule has 5 nitrogen and oxygen atoms in total. The Morgan fingerprint density at radius 1 is 1.58 bits per heavy atom. The van der Waals surface area contributed by atoms with E-state index >= 15 is 0 Å². The largest absolute Gasteiger partial charge is 0.395 e. The van der Waals surface area contributed by atoms with Crippen LogP contribution in [-0.4, -0.2) is 45.6 Å². The minimum absolute atomic E-state index is 0.0290. The number of aromatic nitrogens is 2. The van der Waals surface area contributed by atoms with Crippen molar-refractivity contribution in [2.75, 3.05) is 19.7 Å². The average molecular weight is 259 g/mol. The van der Waals surface area contributed by atoms with Crippen LogP contribution in [0.25, 0.3) is 11.0 Å². The van der Waals surface area contributed by atoms with Crippen LogP contribution in [0, 0.1) is 0 Å². The predicted molar refractivity (Wildman–Crippen MR) is 73.7 cm³/mol. The maximum atomic E-state index is 12.2. The van der Waals surface area contributed by atoms with E-state index in [9.17, 15) is 4.79 Å². The third kappa shape index (κ3) is 3.00. The molecule has 0 radical (unpaired) electrons. The van der Waals surface area contributed by atoms with Crippen molar-refractivity contribution < 1.29 is 9.90 Å². The summed E-state index contributed by atoms with van der Waals surface area (Å²) in [6, 6.07) is 3.78. The fourth-order valence-corrected chi connectivity index (χ4v) is 2.03. The maximum absolute atomic E-state index is 12.2. The van der Waals surface area contributed by atoms with Crippen LogP contribution in [0.4, 0.5) is 0 Å². The lowest BCUT2D eigenvalue weighted by Crippen LogP contribution is -2.34. The van der Waals surface area contributed by atoms with Crippen molar-refractivity contribution in [3.63, 3.8) is 0 Å². The molecule has 2 aromatic rings. The lowest BCUT2D eigenvalue weighted by atomic mass is 10.1. The summed E-state index contributed by atoms with van der Waals surface area (Å²) in [6.07, 6.45) is 5.46. The normalized spacial score (nSPS) is 10.6. The molecule has 0 aromatic carbocycles. The predicted octanol–water partition coefficient (Wildman–Crippen LogP) is 1.11. The quantitative estimate of drug-likeness (QED) is 0.764. The molecule has 0 aliphatic heterocycles. The van der Waals surface area contributed by atoms with Gasteiger partial charge < -0.3 is 15.0 Å². The van der Waals surface area contributed by atoms with Gasteiger partial charge in [0.25, 0.3) is 0 Å². The van der Waals surface area contributed by atoms with E-state index < -0.39 is 0 Å². The van der Waals surface area contributed by atoms with Crippen molar-refractivity contribution in [2.45, 2.75) is 6.42 Å². The summed E-state index contributed by atoms with van der Waals surface area (Å²) in [5.74, 6) is -0.0290. The van der Waals surface area contributed by atoms with Crippen molar-refractivity contribution in [3.05, 3.63) is 42.7 Å². The zero-order valence-corrected chi connectivity index (χ0v) is 10.7. The Balaban J connectivity index is 2.15. The van der Waals surface area contributed by atoms with Crippen LogP contribution in [0.2, 0.25) is 0 Å². The lowest BCUT2D eigenvalue weighted by molar-refractivity contribution is -0.130. The van der Waals surface area contributed by atoms with Gasteiger partial charge in [-0.2, -0.15) is 0 Å². The van der Waals surface area contributed by atoms with Crippen LogP contribution in [-0.2, 0) is 11.2 Å². The molecule has 0 saturated heterocycles. The Bertz CT molecular complexity index is 577. The summed E-state index contributed by atoms with van der Waals surface area (Å²) < 4.78 is 0. The summed E-state index contributed by atoms with van der Waals surface area (Å²) in [4.78, 5) is 21.0. The van der Waals surface area contributed by atoms with Gasteiger partial charge in [0.2, 0.25) is 5.91 Å². The van der Waals surface area contributed by atoms with Gasteiger partial charge in [-0.15, -0.1) is 6.58 Å². The number of aliphatic hydroxyl groups excluding tert-OH is 1. The Morgan fingerprint density at radius 2 is 2.42 bits per heavy atom. The number of nitrogens with zero attached hydrogens (tertiary/aromatic N) is 2. The second-order valence-electron chi connectivity index (χ2n) is 4.24. The van der Waals surface area contributed by atoms with E-state index in [1.807, 2.05) is 12.1 Å². The van der Waals surface area contributed by atoms with Crippen LogP contribution in [0.3, 0.4) is 0 Å². The summed E-state index contributed by atoms with van der Waals surface area (Å²) >= 11 is 0. The Hall–Kier alpha value is -2.14. The van der Waals surface area contributed by atoms with Crippen LogP contribution in [0.1, 0.15) is 5.56 Å². The first-order valence-electron chi connectivity index (χ1n) is 6.16. The first-order valence-corrected chi connectivity index (χ1v) is 6.16. The van der Waals surface area contributed by atoms with Gasteiger partial charge in [0.1, 0.15) is 5.65 Å². The fourth-order valence-electron chi connectivity index (χ4n) is 2.03. The molecule has 2 N–H and O–H groups in total. The van der Waals surface area contributed by atoms with Gasteiger partial charge >= 0.3 is 0 Å². The van der Waals surface area contributed by atoms with Crippen LogP contribution in [0.5, 0.6) is 0 Å². The number of H-pyrrole nitrogens is 1. The standard InChI is InChI=1S/C14H17N3O2/c1-2-6-17(7-8-18)13(19)9-11-10-16-14-12(11)4-3-5-15-14/h2-5,10,18H,1,6-9H2,(H,15,16). The number of pyridine rings is 1. The summed E-state index contributed by atoms with van der Waals surface area (Å²) in [5, 5.41) is 9.92. The number of aliphatic hydroxyl groups is 1. The average Bonchev–Trinajstić information content (AvgIpc) is 2.82. The third-order valence-corrected chi connectivity index (χ3v) is 2.95. The van der Waals surface area contributed by atoms with E-state index in [-0.39, 0.29) is 12.5 Å². The molecule has 0 atom stereocenters. The van der Waals surface area contributed by atoms with E-state index in [1.165, 1.54) is 0 Å². The first-order chi connectivity index (χ1) is 9.26. The molecule has 0 unspecified atom stereocenters. The number of carbonyl (C=O) groups is 1. The molecule has 19 heavy (non-hydrogen) atoms. The van der Waals surface area contributed by atoms with E-state index in [1.54, 1.807) is 23.4 Å². The molecule has 2 heterocycles. The van der Waals surface area contributed by atoms with E-state index in [0.717, 1.165) is 16.6 Å². The van der Waals surface area contributed by atoms with Crippen LogP contribution >= 0.6 is 0 Å². The zero-order valence-electron chi connectivity index (χ0n) is 10.7. The molecule has 2 aromatic heterocycles. The molecular weight excluding hydrogens is 242 g/mol. The molecule has 1 amide bonds. The number of rotatable bonds is 6. The SMILES string of the molecule is C=CCN(CCO)C(=O)Cc1c[nH]c2ncccc12. The Labute approximate surface area is 111 Å². The van der Waals surface area contributed by atoms with Gasteiger partial charge in [-0.05, 0) is 17.7 Å². The van der Waals surface area contributed by atoms with Gasteiger partial charge in [0.05, 0.1) is 13.0 Å². The van der Waals surface area contributed by atoms with Crippen LogP contribution < -0.4 is 0 Å². The molecule has 0 aliphatic rings. The minimum Gasteiger partial charge on any atom is -0.395 e. The van der Waals surface area contributed by atoms with Gasteiger partial charge in [-0.3, -0.25) is 4.79 Å². The number of fused-ring (bicyclic) bond motifs is 1. The molecule has 0 spiro atoms. The topological polar surface area (TPSA) is 69.2 Å². The van der Waals surface area contributed by atoms with Gasteiger partial charge in [0.15, 0.2) is 0 Å². The lowest BCUT2D eigenvalue weighted by Gasteiger charge is -2.19. The number of carbonyl (C=O) groups excluding carboxylic acids is 1. The van der Waals surface area contributed by atoms with Gasteiger partial charge in [0, 0.05) is 30.9 Å². The van der Waals surface area contributed by atoms with E-state index in [2.05, 4.69) is 16.5 Å². The summed E-state index contributed by atoms with van der Waals surface area (Å²) in [5.41, 5.74) is 1.70. The van der Waals surface area contributed by atoms with E-state index in [4.69, 9.17) is 5.11 Å². The third-order valence-electron chi connectivity index (χ3n) is 2.95. The second-order valence-corrected chi connectivity index (χ2v) is 4.24. The highest BCUT2D eigenvalue weighted by molar-refractivity contribution is 5.87. The van der Waals surface area contributed by atoms with Crippen molar-refractivity contribution in [3.8, 4) is 0 Å². The molecule has 5 heteroatoms. The highest BCUT2D eigenvalue weighted by atomic mass is 16.3.